The van der Waals surface area contributed by atoms with Gasteiger partial charge in [0.2, 0.25) is 5.91 Å². The number of amides is 2. The lowest BCUT2D eigenvalue weighted by Crippen LogP contribution is -2.18. The number of aromatic nitrogens is 2. The van der Waals surface area contributed by atoms with Crippen molar-refractivity contribution in [3.8, 4) is 11.3 Å². The van der Waals surface area contributed by atoms with Crippen LogP contribution in [0, 0.1) is 6.92 Å². The first-order valence-corrected chi connectivity index (χ1v) is 8.60. The van der Waals surface area contributed by atoms with Crippen LogP contribution < -0.4 is 10.6 Å². The molecule has 0 aliphatic carbocycles. The van der Waals surface area contributed by atoms with Gasteiger partial charge in [-0.25, -0.2) is 4.98 Å². The number of thiazole rings is 1. The first-order valence-electron chi connectivity index (χ1n) is 7.72. The third kappa shape index (κ3) is 3.16. The summed E-state index contributed by atoms with van der Waals surface area (Å²) in [6.07, 6.45) is 1.21. The Morgan fingerprint density at radius 1 is 1.32 bits per heavy atom. The van der Waals surface area contributed by atoms with E-state index in [2.05, 4.69) is 20.8 Å². The molecule has 0 fully saturated rings. The number of benzene rings is 1. The van der Waals surface area contributed by atoms with Crippen LogP contribution in [0.5, 0.6) is 0 Å². The maximum atomic E-state index is 12.1. The van der Waals surface area contributed by atoms with Crippen molar-refractivity contribution < 1.29 is 14.1 Å². The lowest BCUT2D eigenvalue weighted by atomic mass is 9.99. The number of carbonyl (C=O) groups is 2. The van der Waals surface area contributed by atoms with Crippen LogP contribution in [0.2, 0.25) is 0 Å². The second kappa shape index (κ2) is 6.14. The summed E-state index contributed by atoms with van der Waals surface area (Å²) < 4.78 is 4.90. The summed E-state index contributed by atoms with van der Waals surface area (Å²) in [5.41, 5.74) is 3.89. The summed E-state index contributed by atoms with van der Waals surface area (Å²) in [5, 5.41) is 11.6. The largest absolute Gasteiger partial charge is 0.361 e. The Morgan fingerprint density at radius 3 is 3.00 bits per heavy atom. The summed E-state index contributed by atoms with van der Waals surface area (Å²) in [7, 11) is 0. The van der Waals surface area contributed by atoms with E-state index in [0.29, 0.717) is 23.7 Å². The van der Waals surface area contributed by atoms with Crippen LogP contribution in [0.15, 0.2) is 34.2 Å². The predicted octanol–water partition coefficient (Wildman–Crippen LogP) is 3.24. The molecule has 2 amide bonds. The van der Waals surface area contributed by atoms with Gasteiger partial charge >= 0.3 is 0 Å². The van der Waals surface area contributed by atoms with Crippen LogP contribution in [0.4, 0.5) is 10.8 Å². The van der Waals surface area contributed by atoms with Crippen molar-refractivity contribution in [2.45, 2.75) is 19.8 Å². The quantitative estimate of drug-likeness (QED) is 0.752. The molecule has 3 aromatic rings. The Morgan fingerprint density at radius 2 is 2.20 bits per heavy atom. The molecule has 25 heavy (non-hydrogen) atoms. The van der Waals surface area contributed by atoms with E-state index in [1.165, 1.54) is 11.3 Å². The van der Waals surface area contributed by atoms with E-state index in [1.54, 1.807) is 13.0 Å². The SMILES string of the molecule is Cc1cc(C(=O)Nc2nc(-c3ccc4c(c3)CCC(=O)N4)cs2)no1. The Hall–Kier alpha value is -3.00. The molecule has 0 atom stereocenters. The van der Waals surface area contributed by atoms with E-state index in [-0.39, 0.29) is 17.5 Å². The smallest absolute Gasteiger partial charge is 0.279 e. The monoisotopic (exact) mass is 354 g/mol. The fourth-order valence-corrected chi connectivity index (χ4v) is 3.36. The average Bonchev–Trinajstić information content (AvgIpc) is 3.23. The third-order valence-corrected chi connectivity index (χ3v) is 4.64. The molecule has 0 bridgehead atoms. The van der Waals surface area contributed by atoms with Gasteiger partial charge in [0, 0.05) is 29.1 Å². The Labute approximate surface area is 147 Å². The maximum absolute atomic E-state index is 12.1. The van der Waals surface area contributed by atoms with E-state index in [1.807, 2.05) is 23.6 Å². The molecule has 0 saturated heterocycles. The maximum Gasteiger partial charge on any atom is 0.279 e. The number of nitrogens with zero attached hydrogens (tertiary/aromatic N) is 2. The standard InChI is InChI=1S/C17H14N4O3S/c1-9-6-13(21-24-9)16(23)20-17-19-14(8-25-17)11-2-4-12-10(7-11)3-5-15(22)18-12/h2,4,6-8H,3,5H2,1H3,(H,18,22)(H,19,20,23). The highest BCUT2D eigenvalue weighted by Crippen LogP contribution is 2.30. The van der Waals surface area contributed by atoms with Crippen molar-refractivity contribution in [3.63, 3.8) is 0 Å². The number of rotatable bonds is 3. The molecule has 126 valence electrons. The molecule has 0 spiro atoms. The van der Waals surface area contributed by atoms with Gasteiger partial charge in [-0.15, -0.1) is 11.3 Å². The Balaban J connectivity index is 1.53. The number of carbonyl (C=O) groups excluding carboxylic acids is 2. The van der Waals surface area contributed by atoms with Gasteiger partial charge in [0.1, 0.15) is 5.76 Å². The summed E-state index contributed by atoms with van der Waals surface area (Å²) in [6, 6.07) is 7.39. The topological polar surface area (TPSA) is 97.1 Å². The zero-order valence-electron chi connectivity index (χ0n) is 13.3. The van der Waals surface area contributed by atoms with Gasteiger partial charge in [-0.1, -0.05) is 11.2 Å². The van der Waals surface area contributed by atoms with E-state index < -0.39 is 0 Å². The molecule has 2 N–H and O–H groups in total. The molecule has 7 nitrogen and oxygen atoms in total. The number of nitrogens with one attached hydrogen (secondary N) is 2. The van der Waals surface area contributed by atoms with Crippen LogP contribution in [-0.4, -0.2) is 22.0 Å². The van der Waals surface area contributed by atoms with Gasteiger partial charge in [-0.05, 0) is 31.0 Å². The molecule has 2 aromatic heterocycles. The van der Waals surface area contributed by atoms with Crippen LogP contribution in [-0.2, 0) is 11.2 Å². The van der Waals surface area contributed by atoms with Crippen molar-refractivity contribution in [2.75, 3.05) is 10.6 Å². The second-order valence-corrected chi connectivity index (χ2v) is 6.59. The van der Waals surface area contributed by atoms with E-state index in [9.17, 15) is 9.59 Å². The lowest BCUT2D eigenvalue weighted by molar-refractivity contribution is -0.116. The number of fused-ring (bicyclic) bond motifs is 1. The van der Waals surface area contributed by atoms with Gasteiger partial charge in [-0.3, -0.25) is 14.9 Å². The number of hydrogen-bond donors (Lipinski definition) is 2. The highest BCUT2D eigenvalue weighted by atomic mass is 32.1. The minimum atomic E-state index is -0.356. The summed E-state index contributed by atoms with van der Waals surface area (Å²) >= 11 is 1.34. The summed E-state index contributed by atoms with van der Waals surface area (Å²) in [6.45, 7) is 1.73. The van der Waals surface area contributed by atoms with E-state index in [0.717, 1.165) is 22.5 Å². The third-order valence-electron chi connectivity index (χ3n) is 3.88. The molecule has 1 aliphatic heterocycles. The van der Waals surface area contributed by atoms with Gasteiger partial charge in [-0.2, -0.15) is 0 Å². The average molecular weight is 354 g/mol. The molecule has 8 heteroatoms. The zero-order valence-corrected chi connectivity index (χ0v) is 14.1. The molecule has 4 rings (SSSR count). The first kappa shape index (κ1) is 15.5. The lowest BCUT2D eigenvalue weighted by Gasteiger charge is -2.17. The minimum Gasteiger partial charge on any atom is -0.361 e. The summed E-state index contributed by atoms with van der Waals surface area (Å²) in [5.74, 6) is 0.263. The van der Waals surface area contributed by atoms with E-state index in [4.69, 9.17) is 4.52 Å². The van der Waals surface area contributed by atoms with Crippen LogP contribution >= 0.6 is 11.3 Å². The van der Waals surface area contributed by atoms with Gasteiger partial charge in [0.15, 0.2) is 10.8 Å². The van der Waals surface area contributed by atoms with Crippen molar-refractivity contribution in [2.24, 2.45) is 0 Å². The molecule has 3 heterocycles. The van der Waals surface area contributed by atoms with Crippen LogP contribution in [0.1, 0.15) is 28.2 Å². The highest BCUT2D eigenvalue weighted by molar-refractivity contribution is 7.14. The van der Waals surface area contributed by atoms with Crippen molar-refractivity contribution >= 4 is 34.0 Å². The van der Waals surface area contributed by atoms with Gasteiger partial charge in [0.25, 0.3) is 5.91 Å². The Bertz CT molecular complexity index is 976. The molecule has 0 radical (unpaired) electrons. The van der Waals surface area contributed by atoms with Crippen molar-refractivity contribution in [3.05, 3.63) is 46.7 Å². The van der Waals surface area contributed by atoms with Gasteiger partial charge in [0.05, 0.1) is 5.69 Å². The van der Waals surface area contributed by atoms with Crippen LogP contribution in [0.25, 0.3) is 11.3 Å². The molecule has 0 saturated carbocycles. The minimum absolute atomic E-state index is 0.0435. The first-order chi connectivity index (χ1) is 12.1. The van der Waals surface area contributed by atoms with Crippen molar-refractivity contribution in [1.29, 1.82) is 0 Å². The second-order valence-electron chi connectivity index (χ2n) is 5.73. The molecule has 1 aliphatic rings. The fraction of sp³-hybridized carbons (Fsp3) is 0.176. The normalized spacial score (nSPS) is 13.2. The zero-order chi connectivity index (χ0) is 17.4. The predicted molar refractivity (Wildman–Crippen MR) is 93.7 cm³/mol. The fourth-order valence-electron chi connectivity index (χ4n) is 2.64. The molecular formula is C17H14N4O3S. The Kier molecular flexibility index (Phi) is 3.81. The van der Waals surface area contributed by atoms with Gasteiger partial charge < -0.3 is 9.84 Å². The molecular weight excluding hydrogens is 340 g/mol. The van der Waals surface area contributed by atoms with Crippen molar-refractivity contribution in [1.82, 2.24) is 10.1 Å². The highest BCUT2D eigenvalue weighted by Gasteiger charge is 2.17. The van der Waals surface area contributed by atoms with E-state index >= 15 is 0 Å². The summed E-state index contributed by atoms with van der Waals surface area (Å²) in [4.78, 5) is 28.0. The number of hydrogen-bond acceptors (Lipinski definition) is 6. The number of aryl methyl sites for hydroxylation is 2. The van der Waals surface area contributed by atoms with Crippen LogP contribution in [0.3, 0.4) is 0 Å². The molecule has 0 unspecified atom stereocenters. The molecule has 1 aromatic carbocycles. The number of anilines is 2.